The van der Waals surface area contributed by atoms with Crippen LogP contribution < -0.4 is 5.32 Å². The number of carbonyl (C=O) groups is 4. The largest absolute Gasteiger partial charge is 0.480 e. The summed E-state index contributed by atoms with van der Waals surface area (Å²) in [6.45, 7) is 10.5. The van der Waals surface area contributed by atoms with Gasteiger partial charge < -0.3 is 25.2 Å². The molecule has 2 amide bonds. The number of alkyl carbamates (subject to hydrolysis) is 1. The van der Waals surface area contributed by atoms with E-state index in [2.05, 4.69) is 5.32 Å². The Hall–Kier alpha value is -3.10. The lowest BCUT2D eigenvalue weighted by atomic mass is 9.59. The molecule has 0 saturated heterocycles. The average Bonchev–Trinajstić information content (AvgIpc) is 2.67. The summed E-state index contributed by atoms with van der Waals surface area (Å²) in [5.74, 6) is -3.00. The minimum atomic E-state index is -1.56. The van der Waals surface area contributed by atoms with Crippen LogP contribution in [0.1, 0.15) is 59.9 Å². The highest BCUT2D eigenvalue weighted by atomic mass is 16.5. The molecule has 0 saturated carbocycles. The van der Waals surface area contributed by atoms with Gasteiger partial charge in [-0.2, -0.15) is 0 Å². The third-order valence-electron chi connectivity index (χ3n) is 5.81. The van der Waals surface area contributed by atoms with Crippen LogP contribution in [0.5, 0.6) is 0 Å². The van der Waals surface area contributed by atoms with Gasteiger partial charge in [-0.3, -0.25) is 4.79 Å². The number of hydrogen-bond donors (Lipinski definition) is 3. The zero-order valence-electron chi connectivity index (χ0n) is 20.5. The van der Waals surface area contributed by atoms with Crippen LogP contribution in [0, 0.1) is 10.8 Å². The lowest BCUT2D eigenvalue weighted by Crippen LogP contribution is -2.69. The lowest BCUT2D eigenvalue weighted by Gasteiger charge is -2.55. The molecule has 0 heterocycles. The summed E-state index contributed by atoms with van der Waals surface area (Å²) in [5, 5.41) is 21.9. The molecule has 0 bridgehead atoms. The topological polar surface area (TPSA) is 133 Å². The maximum atomic E-state index is 13.0. The third kappa shape index (κ3) is 6.46. The molecule has 0 aliphatic rings. The van der Waals surface area contributed by atoms with Crippen molar-refractivity contribution in [3.05, 3.63) is 35.9 Å². The predicted octanol–water partition coefficient (Wildman–Crippen LogP) is 3.52. The summed E-state index contributed by atoms with van der Waals surface area (Å²) in [6.07, 6.45) is -1.41. The number of likely N-dealkylation sites (N-methyl/N-ethyl adjacent to an activating group) is 1. The van der Waals surface area contributed by atoms with E-state index < -0.39 is 46.3 Å². The summed E-state index contributed by atoms with van der Waals surface area (Å²) >= 11 is 0. The van der Waals surface area contributed by atoms with E-state index >= 15 is 0 Å². The molecule has 1 rings (SSSR count). The van der Waals surface area contributed by atoms with Crippen LogP contribution in [-0.4, -0.2) is 57.7 Å². The number of aliphatic carboxylic acids is 2. The number of carboxylic acid groups (broad SMARTS) is 2. The monoisotopic (exact) mass is 464 g/mol. The van der Waals surface area contributed by atoms with Gasteiger partial charge in [0.15, 0.2) is 0 Å². The summed E-state index contributed by atoms with van der Waals surface area (Å²) in [4.78, 5) is 50.4. The SMILES string of the molecule is CN(C(=O)CC[C@H](NC(=O)OCc1ccccc1)C(=O)O)C(C(=O)O)(C(C)(C)C)C(C)(C)C. The van der Waals surface area contributed by atoms with E-state index in [1.807, 2.05) is 6.07 Å². The molecule has 0 radical (unpaired) electrons. The smallest absolute Gasteiger partial charge is 0.408 e. The quantitative estimate of drug-likeness (QED) is 0.509. The second kappa shape index (κ2) is 10.7. The van der Waals surface area contributed by atoms with Crippen LogP contribution in [0.4, 0.5) is 4.79 Å². The van der Waals surface area contributed by atoms with Gasteiger partial charge >= 0.3 is 18.0 Å². The number of carboxylic acids is 2. The number of amides is 2. The van der Waals surface area contributed by atoms with E-state index in [0.29, 0.717) is 0 Å². The molecule has 33 heavy (non-hydrogen) atoms. The molecular weight excluding hydrogens is 428 g/mol. The van der Waals surface area contributed by atoms with Gasteiger partial charge in [-0.25, -0.2) is 14.4 Å². The van der Waals surface area contributed by atoms with Gasteiger partial charge in [-0.1, -0.05) is 71.9 Å². The zero-order chi connectivity index (χ0) is 25.6. The summed E-state index contributed by atoms with van der Waals surface area (Å²) in [5.41, 5.74) is -2.47. The molecule has 184 valence electrons. The molecular formula is C24H36N2O7. The van der Waals surface area contributed by atoms with E-state index in [0.717, 1.165) is 5.56 Å². The van der Waals surface area contributed by atoms with Crippen molar-refractivity contribution in [2.45, 2.75) is 72.6 Å². The first-order valence-corrected chi connectivity index (χ1v) is 10.8. The highest BCUT2D eigenvalue weighted by Crippen LogP contribution is 2.48. The minimum Gasteiger partial charge on any atom is -0.480 e. The van der Waals surface area contributed by atoms with E-state index in [-0.39, 0.29) is 19.4 Å². The molecule has 1 aromatic rings. The summed E-state index contributed by atoms with van der Waals surface area (Å²) in [6, 6.07) is 7.53. The van der Waals surface area contributed by atoms with E-state index in [4.69, 9.17) is 4.74 Å². The average molecular weight is 465 g/mol. The maximum Gasteiger partial charge on any atom is 0.408 e. The van der Waals surface area contributed by atoms with Crippen LogP contribution in [0.3, 0.4) is 0 Å². The second-order valence-electron chi connectivity index (χ2n) is 10.1. The molecule has 1 aromatic carbocycles. The first kappa shape index (κ1) is 27.9. The number of carbonyl (C=O) groups excluding carboxylic acids is 2. The van der Waals surface area contributed by atoms with Gasteiger partial charge in [-0.15, -0.1) is 0 Å². The highest BCUT2D eigenvalue weighted by Gasteiger charge is 2.60. The number of nitrogens with zero attached hydrogens (tertiary/aromatic N) is 1. The first-order chi connectivity index (χ1) is 15.1. The number of nitrogens with one attached hydrogen (secondary N) is 1. The fourth-order valence-electron chi connectivity index (χ4n) is 4.70. The normalized spacial score (nSPS) is 13.1. The number of benzene rings is 1. The van der Waals surface area contributed by atoms with Gasteiger partial charge in [0.25, 0.3) is 0 Å². The fraction of sp³-hybridized carbons (Fsp3) is 0.583. The van der Waals surface area contributed by atoms with Crippen molar-refractivity contribution in [1.82, 2.24) is 10.2 Å². The van der Waals surface area contributed by atoms with Crippen LogP contribution in [0.15, 0.2) is 30.3 Å². The molecule has 0 unspecified atom stereocenters. The van der Waals surface area contributed by atoms with Crippen molar-refractivity contribution in [3.8, 4) is 0 Å². The molecule has 1 atom stereocenters. The summed E-state index contributed by atoms with van der Waals surface area (Å²) < 4.78 is 5.05. The van der Waals surface area contributed by atoms with Crippen LogP contribution in [-0.2, 0) is 25.7 Å². The molecule has 0 aliphatic heterocycles. The maximum absolute atomic E-state index is 13.0. The Morgan fingerprint density at radius 3 is 1.91 bits per heavy atom. The molecule has 0 aliphatic carbocycles. The number of rotatable bonds is 9. The molecule has 9 nitrogen and oxygen atoms in total. The van der Waals surface area contributed by atoms with Crippen LogP contribution >= 0.6 is 0 Å². The second-order valence-corrected chi connectivity index (χ2v) is 10.1. The molecule has 9 heteroatoms. The van der Waals surface area contributed by atoms with Crippen LogP contribution in [0.25, 0.3) is 0 Å². The number of ether oxygens (including phenoxy) is 1. The van der Waals surface area contributed by atoms with E-state index in [1.165, 1.54) is 11.9 Å². The fourth-order valence-corrected chi connectivity index (χ4v) is 4.70. The van der Waals surface area contributed by atoms with Crippen molar-refractivity contribution in [2.75, 3.05) is 7.05 Å². The Morgan fingerprint density at radius 2 is 1.48 bits per heavy atom. The first-order valence-electron chi connectivity index (χ1n) is 10.8. The lowest BCUT2D eigenvalue weighted by molar-refractivity contribution is -0.179. The van der Waals surface area contributed by atoms with Crippen LogP contribution in [0.2, 0.25) is 0 Å². The summed E-state index contributed by atoms with van der Waals surface area (Å²) in [7, 11) is 1.42. The van der Waals surface area contributed by atoms with Gasteiger partial charge in [0.05, 0.1) is 0 Å². The van der Waals surface area contributed by atoms with Gasteiger partial charge in [0, 0.05) is 13.5 Å². The van der Waals surface area contributed by atoms with Crippen molar-refractivity contribution in [2.24, 2.45) is 10.8 Å². The van der Waals surface area contributed by atoms with E-state index in [9.17, 15) is 29.4 Å². The Balaban J connectivity index is 2.91. The van der Waals surface area contributed by atoms with Gasteiger partial charge in [0.2, 0.25) is 5.91 Å². The van der Waals surface area contributed by atoms with Crippen molar-refractivity contribution in [1.29, 1.82) is 0 Å². The highest BCUT2D eigenvalue weighted by molar-refractivity contribution is 5.89. The molecule has 3 N–H and O–H groups in total. The zero-order valence-corrected chi connectivity index (χ0v) is 20.5. The van der Waals surface area contributed by atoms with Gasteiger partial charge in [-0.05, 0) is 22.8 Å². The molecule has 0 fully saturated rings. The third-order valence-corrected chi connectivity index (χ3v) is 5.81. The molecule has 0 aromatic heterocycles. The van der Waals surface area contributed by atoms with Crippen molar-refractivity contribution < 1.29 is 34.1 Å². The predicted molar refractivity (Wildman–Crippen MR) is 122 cm³/mol. The van der Waals surface area contributed by atoms with E-state index in [1.54, 1.807) is 65.8 Å². The van der Waals surface area contributed by atoms with Gasteiger partial charge in [0.1, 0.15) is 18.2 Å². The van der Waals surface area contributed by atoms with Crippen molar-refractivity contribution >= 4 is 23.9 Å². The Morgan fingerprint density at radius 1 is 0.970 bits per heavy atom. The Labute approximate surface area is 195 Å². The minimum absolute atomic E-state index is 0.0288. The van der Waals surface area contributed by atoms with Crippen molar-refractivity contribution in [3.63, 3.8) is 0 Å². The Bertz CT molecular complexity index is 840. The standard InChI is InChI=1S/C24H36N2O7/c1-22(2,3)24(20(30)31,23(4,5)6)26(7)18(27)14-13-17(19(28)29)25-21(32)33-15-16-11-9-8-10-12-16/h8-12,17H,13-15H2,1-7H3,(H,25,32)(H,28,29)(H,30,31)/t17-/m0/s1. The molecule has 0 spiro atoms. The Kier molecular flexibility index (Phi) is 9.04. The number of hydrogen-bond acceptors (Lipinski definition) is 5.